The van der Waals surface area contributed by atoms with Crippen molar-refractivity contribution in [3.63, 3.8) is 0 Å². The lowest BCUT2D eigenvalue weighted by molar-refractivity contribution is 0.0950. The molecule has 0 saturated heterocycles. The molecule has 0 aliphatic rings. The number of amides is 1. The van der Waals surface area contributed by atoms with E-state index in [0.717, 1.165) is 5.39 Å². The highest BCUT2D eigenvalue weighted by Crippen LogP contribution is 2.28. The fraction of sp³-hybridized carbons (Fsp3) is 0.312. The third-order valence-electron chi connectivity index (χ3n) is 3.33. The van der Waals surface area contributed by atoms with Gasteiger partial charge in [-0.1, -0.05) is 44.2 Å². The van der Waals surface area contributed by atoms with E-state index in [-0.39, 0.29) is 28.5 Å². The van der Waals surface area contributed by atoms with Gasteiger partial charge in [0.25, 0.3) is 5.91 Å². The molecule has 4 heteroatoms. The monoisotopic (exact) mass is 291 g/mol. The summed E-state index contributed by atoms with van der Waals surface area (Å²) >= 11 is 6.10. The van der Waals surface area contributed by atoms with Crippen LogP contribution in [0, 0.1) is 5.92 Å². The number of alkyl halides is 1. The van der Waals surface area contributed by atoms with Gasteiger partial charge in [0, 0.05) is 11.9 Å². The molecule has 0 heterocycles. The first-order valence-electron chi connectivity index (χ1n) is 6.63. The van der Waals surface area contributed by atoms with Crippen LogP contribution in [-0.4, -0.2) is 22.9 Å². The molecule has 0 radical (unpaired) electrons. The Balaban J connectivity index is 2.20. The molecule has 0 fully saturated rings. The second-order valence-corrected chi connectivity index (χ2v) is 5.71. The van der Waals surface area contributed by atoms with Crippen LogP contribution in [0.3, 0.4) is 0 Å². The highest BCUT2D eigenvalue weighted by Gasteiger charge is 2.16. The van der Waals surface area contributed by atoms with E-state index in [4.69, 9.17) is 11.6 Å². The average Bonchev–Trinajstić information content (AvgIpc) is 2.45. The lowest BCUT2D eigenvalue weighted by Gasteiger charge is -2.14. The van der Waals surface area contributed by atoms with Gasteiger partial charge < -0.3 is 10.4 Å². The van der Waals surface area contributed by atoms with Crippen molar-refractivity contribution < 1.29 is 9.90 Å². The number of carbonyl (C=O) groups is 1. The van der Waals surface area contributed by atoms with Crippen LogP contribution in [0.2, 0.25) is 0 Å². The Morgan fingerprint density at radius 1 is 1.25 bits per heavy atom. The van der Waals surface area contributed by atoms with Gasteiger partial charge >= 0.3 is 0 Å². The van der Waals surface area contributed by atoms with Crippen molar-refractivity contribution in [2.75, 3.05) is 6.54 Å². The van der Waals surface area contributed by atoms with Crippen LogP contribution in [0.25, 0.3) is 10.8 Å². The first-order chi connectivity index (χ1) is 9.50. The van der Waals surface area contributed by atoms with Crippen LogP contribution < -0.4 is 5.32 Å². The predicted octanol–water partition coefficient (Wildman–Crippen LogP) is 3.54. The molecule has 2 aromatic carbocycles. The molecule has 0 bridgehead atoms. The van der Waals surface area contributed by atoms with Crippen molar-refractivity contribution in [1.29, 1.82) is 0 Å². The number of fused-ring (bicyclic) bond motifs is 1. The zero-order chi connectivity index (χ0) is 14.7. The molecule has 3 nitrogen and oxygen atoms in total. The SMILES string of the molecule is CC(C)C(Cl)CNC(=O)c1ccc2ccccc2c1O. The number of phenolic OH excluding ortho intramolecular Hbond substituents is 1. The summed E-state index contributed by atoms with van der Waals surface area (Å²) in [5, 5.41) is 14.4. The molecule has 2 rings (SSSR count). The first-order valence-corrected chi connectivity index (χ1v) is 7.07. The number of aromatic hydroxyl groups is 1. The molecule has 106 valence electrons. The van der Waals surface area contributed by atoms with Gasteiger partial charge in [0.15, 0.2) is 0 Å². The summed E-state index contributed by atoms with van der Waals surface area (Å²) in [5.74, 6) is -0.0158. The number of nitrogens with one attached hydrogen (secondary N) is 1. The molecular formula is C16H18ClNO2. The maximum atomic E-state index is 12.1. The van der Waals surface area contributed by atoms with Crippen LogP contribution in [0.15, 0.2) is 36.4 Å². The number of halogens is 1. The average molecular weight is 292 g/mol. The molecule has 20 heavy (non-hydrogen) atoms. The summed E-state index contributed by atoms with van der Waals surface area (Å²) in [6, 6.07) is 10.9. The van der Waals surface area contributed by atoms with Gasteiger partial charge in [-0.25, -0.2) is 0 Å². The minimum atomic E-state index is -0.306. The number of phenols is 1. The Morgan fingerprint density at radius 2 is 1.95 bits per heavy atom. The maximum absolute atomic E-state index is 12.1. The zero-order valence-electron chi connectivity index (χ0n) is 11.6. The number of benzene rings is 2. The van der Waals surface area contributed by atoms with Crippen LogP contribution in [-0.2, 0) is 0 Å². The van der Waals surface area contributed by atoms with E-state index >= 15 is 0 Å². The minimum Gasteiger partial charge on any atom is -0.506 e. The van der Waals surface area contributed by atoms with Gasteiger partial charge in [0.2, 0.25) is 0 Å². The smallest absolute Gasteiger partial charge is 0.255 e. The van der Waals surface area contributed by atoms with Gasteiger partial charge in [0.1, 0.15) is 5.75 Å². The van der Waals surface area contributed by atoms with E-state index in [1.807, 2.05) is 38.1 Å². The molecule has 1 amide bonds. The molecule has 0 saturated carbocycles. The van der Waals surface area contributed by atoms with E-state index in [2.05, 4.69) is 5.32 Å². The second-order valence-electron chi connectivity index (χ2n) is 5.15. The summed E-state index contributed by atoms with van der Waals surface area (Å²) in [4.78, 5) is 12.1. The summed E-state index contributed by atoms with van der Waals surface area (Å²) in [6.07, 6.45) is 0. The van der Waals surface area contributed by atoms with Crippen molar-refractivity contribution in [1.82, 2.24) is 5.32 Å². The Morgan fingerprint density at radius 3 is 2.65 bits per heavy atom. The molecule has 0 aromatic heterocycles. The number of hydrogen-bond acceptors (Lipinski definition) is 2. The molecule has 2 N–H and O–H groups in total. The van der Waals surface area contributed by atoms with Crippen molar-refractivity contribution >= 4 is 28.3 Å². The van der Waals surface area contributed by atoms with Crippen molar-refractivity contribution in [2.45, 2.75) is 19.2 Å². The van der Waals surface area contributed by atoms with Crippen LogP contribution in [0.5, 0.6) is 5.75 Å². The summed E-state index contributed by atoms with van der Waals surface area (Å²) in [7, 11) is 0. The Kier molecular flexibility index (Phi) is 4.50. The second kappa shape index (κ2) is 6.14. The molecule has 0 spiro atoms. The van der Waals surface area contributed by atoms with Gasteiger partial charge in [-0.3, -0.25) is 4.79 Å². The Bertz CT molecular complexity index is 625. The Hall–Kier alpha value is -1.74. The molecule has 0 aliphatic heterocycles. The highest BCUT2D eigenvalue weighted by molar-refractivity contribution is 6.21. The quantitative estimate of drug-likeness (QED) is 0.847. The fourth-order valence-corrected chi connectivity index (χ4v) is 2.04. The lowest BCUT2D eigenvalue weighted by Crippen LogP contribution is -2.32. The van der Waals surface area contributed by atoms with Gasteiger partial charge in [-0.2, -0.15) is 0 Å². The van der Waals surface area contributed by atoms with Crippen LogP contribution in [0.1, 0.15) is 24.2 Å². The molecule has 2 aromatic rings. The molecule has 0 aliphatic carbocycles. The van der Waals surface area contributed by atoms with E-state index < -0.39 is 0 Å². The van der Waals surface area contributed by atoms with E-state index in [1.165, 1.54) is 0 Å². The predicted molar refractivity (Wildman–Crippen MR) is 82.4 cm³/mol. The number of hydrogen-bond donors (Lipinski definition) is 2. The van der Waals surface area contributed by atoms with Crippen molar-refractivity contribution in [3.8, 4) is 5.75 Å². The topological polar surface area (TPSA) is 49.3 Å². The molecule has 1 unspecified atom stereocenters. The molecule has 1 atom stereocenters. The first kappa shape index (κ1) is 14.7. The normalized spacial score (nSPS) is 12.6. The highest BCUT2D eigenvalue weighted by atomic mass is 35.5. The van der Waals surface area contributed by atoms with Gasteiger partial charge in [-0.15, -0.1) is 11.6 Å². The summed E-state index contributed by atoms with van der Waals surface area (Å²) in [6.45, 7) is 4.37. The lowest BCUT2D eigenvalue weighted by atomic mass is 10.0. The van der Waals surface area contributed by atoms with E-state index in [9.17, 15) is 9.90 Å². The van der Waals surface area contributed by atoms with E-state index in [0.29, 0.717) is 11.9 Å². The standard InChI is InChI=1S/C16H18ClNO2/c1-10(2)14(17)9-18-16(20)13-8-7-11-5-3-4-6-12(11)15(13)19/h3-8,10,14,19H,9H2,1-2H3,(H,18,20). The van der Waals surface area contributed by atoms with E-state index in [1.54, 1.807) is 12.1 Å². The zero-order valence-corrected chi connectivity index (χ0v) is 12.3. The number of carbonyl (C=O) groups excluding carboxylic acids is 1. The van der Waals surface area contributed by atoms with Gasteiger partial charge in [0.05, 0.1) is 10.9 Å². The summed E-state index contributed by atoms with van der Waals surface area (Å²) < 4.78 is 0. The Labute approximate surface area is 123 Å². The van der Waals surface area contributed by atoms with Crippen LogP contribution in [0.4, 0.5) is 0 Å². The number of rotatable bonds is 4. The molecular weight excluding hydrogens is 274 g/mol. The maximum Gasteiger partial charge on any atom is 0.255 e. The minimum absolute atomic E-state index is 0.0104. The fourth-order valence-electron chi connectivity index (χ4n) is 1.96. The van der Waals surface area contributed by atoms with Crippen molar-refractivity contribution in [3.05, 3.63) is 42.0 Å². The largest absolute Gasteiger partial charge is 0.506 e. The van der Waals surface area contributed by atoms with Crippen LogP contribution >= 0.6 is 11.6 Å². The third-order valence-corrected chi connectivity index (χ3v) is 3.98. The third kappa shape index (κ3) is 3.05. The summed E-state index contributed by atoms with van der Waals surface area (Å²) in [5.41, 5.74) is 0.274. The van der Waals surface area contributed by atoms with Crippen molar-refractivity contribution in [2.24, 2.45) is 5.92 Å². The van der Waals surface area contributed by atoms with Gasteiger partial charge in [-0.05, 0) is 17.4 Å².